The molecule has 0 radical (unpaired) electrons. The highest BCUT2D eigenvalue weighted by molar-refractivity contribution is 5.96. The number of hydrogen-bond donors (Lipinski definition) is 0. The molecule has 0 bridgehead atoms. The normalized spacial score (nSPS) is 12.5. The molecule has 0 saturated carbocycles. The largest absolute Gasteiger partial charge is 0.493 e. The van der Waals surface area contributed by atoms with Gasteiger partial charge in [0.2, 0.25) is 0 Å². The van der Waals surface area contributed by atoms with Gasteiger partial charge in [-0.3, -0.25) is 0 Å². The van der Waals surface area contributed by atoms with E-state index in [2.05, 4.69) is 122 Å². The highest BCUT2D eigenvalue weighted by Crippen LogP contribution is 2.30. The van der Waals surface area contributed by atoms with Crippen LogP contribution in [0.5, 0.6) is 5.75 Å². The SMILES string of the molecule is CN(C)C(CCOc1ccc(/C=C/c2ccccc2)c2ccccc12)c1ccccc1. The lowest BCUT2D eigenvalue weighted by Crippen LogP contribution is -2.22. The van der Waals surface area contributed by atoms with Crippen molar-refractivity contribution in [3.8, 4) is 5.75 Å². The molecule has 0 fully saturated rings. The summed E-state index contributed by atoms with van der Waals surface area (Å²) in [5, 5.41) is 2.36. The maximum atomic E-state index is 6.29. The van der Waals surface area contributed by atoms with Gasteiger partial charge in [0, 0.05) is 17.8 Å². The van der Waals surface area contributed by atoms with E-state index in [1.807, 2.05) is 6.07 Å². The van der Waals surface area contributed by atoms with Crippen molar-refractivity contribution >= 4 is 22.9 Å². The van der Waals surface area contributed by atoms with Crippen molar-refractivity contribution in [2.75, 3.05) is 20.7 Å². The third kappa shape index (κ3) is 5.22. The smallest absolute Gasteiger partial charge is 0.127 e. The Bertz CT molecular complexity index is 1130. The van der Waals surface area contributed by atoms with E-state index in [-0.39, 0.29) is 0 Å². The summed E-state index contributed by atoms with van der Waals surface area (Å²) in [5.74, 6) is 0.943. The standard InChI is InChI=1S/C29H29NO/c1-30(2)28(25-13-7-4-8-14-25)21-22-31-29-20-19-24(26-15-9-10-16-27(26)29)18-17-23-11-5-3-6-12-23/h3-20,28H,21-22H2,1-2H3/b18-17+. The summed E-state index contributed by atoms with van der Waals surface area (Å²) in [5.41, 5.74) is 3.71. The van der Waals surface area contributed by atoms with Gasteiger partial charge in [0.05, 0.1) is 6.61 Å². The lowest BCUT2D eigenvalue weighted by atomic mass is 10.0. The molecule has 0 amide bonds. The van der Waals surface area contributed by atoms with Gasteiger partial charge in [0.1, 0.15) is 5.75 Å². The molecule has 4 aromatic rings. The van der Waals surface area contributed by atoms with Crippen molar-refractivity contribution in [3.05, 3.63) is 114 Å². The van der Waals surface area contributed by atoms with Gasteiger partial charge in [-0.1, -0.05) is 103 Å². The zero-order valence-electron chi connectivity index (χ0n) is 18.2. The van der Waals surface area contributed by atoms with E-state index in [0.29, 0.717) is 12.6 Å². The van der Waals surface area contributed by atoms with Crippen LogP contribution in [0.2, 0.25) is 0 Å². The Balaban J connectivity index is 1.52. The molecule has 0 aliphatic rings. The summed E-state index contributed by atoms with van der Waals surface area (Å²) in [4.78, 5) is 2.26. The predicted octanol–water partition coefficient (Wildman–Crippen LogP) is 7.08. The Hall–Kier alpha value is -3.36. The molecule has 0 aliphatic carbocycles. The van der Waals surface area contributed by atoms with Crippen molar-refractivity contribution < 1.29 is 4.74 Å². The molecule has 0 N–H and O–H groups in total. The lowest BCUT2D eigenvalue weighted by Gasteiger charge is -2.25. The number of benzene rings is 4. The van der Waals surface area contributed by atoms with Crippen LogP contribution in [0.15, 0.2) is 97.1 Å². The maximum absolute atomic E-state index is 6.29. The first-order chi connectivity index (χ1) is 15.2. The molecule has 4 aromatic carbocycles. The van der Waals surface area contributed by atoms with Gasteiger partial charge in [-0.05, 0) is 42.2 Å². The molecule has 0 aromatic heterocycles. The second kappa shape index (κ2) is 10.1. The summed E-state index contributed by atoms with van der Waals surface area (Å²) in [6.07, 6.45) is 5.27. The van der Waals surface area contributed by atoms with Crippen LogP contribution in [0.4, 0.5) is 0 Å². The highest BCUT2D eigenvalue weighted by Gasteiger charge is 2.14. The zero-order chi connectivity index (χ0) is 21.5. The predicted molar refractivity (Wildman–Crippen MR) is 132 cm³/mol. The van der Waals surface area contributed by atoms with Crippen LogP contribution in [0, 0.1) is 0 Å². The second-order valence-corrected chi connectivity index (χ2v) is 7.97. The number of ether oxygens (including phenoxy) is 1. The number of rotatable bonds is 8. The second-order valence-electron chi connectivity index (χ2n) is 7.97. The fraction of sp³-hybridized carbons (Fsp3) is 0.172. The first kappa shape index (κ1) is 20.9. The molecule has 156 valence electrons. The van der Waals surface area contributed by atoms with Gasteiger partial charge in [0.15, 0.2) is 0 Å². The van der Waals surface area contributed by atoms with Gasteiger partial charge in [-0.25, -0.2) is 0 Å². The molecule has 0 saturated heterocycles. The summed E-state index contributed by atoms with van der Waals surface area (Å²) in [7, 11) is 4.25. The maximum Gasteiger partial charge on any atom is 0.127 e. The fourth-order valence-electron chi connectivity index (χ4n) is 3.99. The van der Waals surface area contributed by atoms with E-state index in [1.54, 1.807) is 0 Å². The van der Waals surface area contributed by atoms with Crippen LogP contribution in [-0.2, 0) is 0 Å². The van der Waals surface area contributed by atoms with Crippen molar-refractivity contribution in [1.82, 2.24) is 4.90 Å². The molecule has 1 atom stereocenters. The summed E-state index contributed by atoms with van der Waals surface area (Å²) >= 11 is 0. The van der Waals surface area contributed by atoms with Crippen LogP contribution in [0.1, 0.15) is 29.2 Å². The molecule has 2 nitrogen and oxygen atoms in total. The Morgan fingerprint density at radius 3 is 2.06 bits per heavy atom. The van der Waals surface area contributed by atoms with E-state index in [9.17, 15) is 0 Å². The van der Waals surface area contributed by atoms with Crippen molar-refractivity contribution in [2.45, 2.75) is 12.5 Å². The van der Waals surface area contributed by atoms with Gasteiger partial charge in [-0.15, -0.1) is 0 Å². The average molecular weight is 408 g/mol. The lowest BCUT2D eigenvalue weighted by molar-refractivity contribution is 0.225. The van der Waals surface area contributed by atoms with Gasteiger partial charge >= 0.3 is 0 Å². The summed E-state index contributed by atoms with van der Waals surface area (Å²) in [6.45, 7) is 0.668. The summed E-state index contributed by atoms with van der Waals surface area (Å²) in [6, 6.07) is 34.1. The Morgan fingerprint density at radius 2 is 1.35 bits per heavy atom. The third-order valence-corrected chi connectivity index (χ3v) is 5.63. The Kier molecular flexibility index (Phi) is 6.81. The molecule has 4 rings (SSSR count). The van der Waals surface area contributed by atoms with E-state index >= 15 is 0 Å². The fourth-order valence-corrected chi connectivity index (χ4v) is 3.99. The summed E-state index contributed by atoms with van der Waals surface area (Å²) < 4.78 is 6.29. The third-order valence-electron chi connectivity index (χ3n) is 5.63. The molecule has 31 heavy (non-hydrogen) atoms. The molecule has 0 spiro atoms. The number of hydrogen-bond acceptors (Lipinski definition) is 2. The minimum Gasteiger partial charge on any atom is -0.493 e. The minimum absolute atomic E-state index is 0.334. The molecule has 1 unspecified atom stereocenters. The van der Waals surface area contributed by atoms with Crippen LogP contribution >= 0.6 is 0 Å². The molecular weight excluding hydrogens is 378 g/mol. The van der Waals surface area contributed by atoms with E-state index in [0.717, 1.165) is 17.6 Å². The first-order valence-corrected chi connectivity index (χ1v) is 10.8. The van der Waals surface area contributed by atoms with Gasteiger partial charge in [0.25, 0.3) is 0 Å². The zero-order valence-corrected chi connectivity index (χ0v) is 18.2. The molecule has 2 heteroatoms. The quantitative estimate of drug-likeness (QED) is 0.289. The van der Waals surface area contributed by atoms with E-state index in [1.165, 1.54) is 22.1 Å². The highest BCUT2D eigenvalue weighted by atomic mass is 16.5. The van der Waals surface area contributed by atoms with Crippen molar-refractivity contribution in [2.24, 2.45) is 0 Å². The number of fused-ring (bicyclic) bond motifs is 1. The van der Waals surface area contributed by atoms with E-state index < -0.39 is 0 Å². The van der Waals surface area contributed by atoms with Gasteiger partial charge < -0.3 is 9.64 Å². The topological polar surface area (TPSA) is 12.5 Å². The van der Waals surface area contributed by atoms with Crippen molar-refractivity contribution in [1.29, 1.82) is 0 Å². The van der Waals surface area contributed by atoms with Crippen LogP contribution < -0.4 is 4.74 Å². The molecule has 0 heterocycles. The minimum atomic E-state index is 0.334. The number of nitrogens with zero attached hydrogens (tertiary/aromatic N) is 1. The van der Waals surface area contributed by atoms with E-state index in [4.69, 9.17) is 4.74 Å². The van der Waals surface area contributed by atoms with Crippen molar-refractivity contribution in [3.63, 3.8) is 0 Å². The van der Waals surface area contributed by atoms with Crippen LogP contribution in [0.25, 0.3) is 22.9 Å². The Labute approximate surface area is 185 Å². The van der Waals surface area contributed by atoms with Gasteiger partial charge in [-0.2, -0.15) is 0 Å². The average Bonchev–Trinajstić information content (AvgIpc) is 2.82. The molecular formula is C29H29NO. The Morgan fingerprint density at radius 1 is 0.710 bits per heavy atom. The monoisotopic (exact) mass is 407 g/mol. The first-order valence-electron chi connectivity index (χ1n) is 10.8. The van der Waals surface area contributed by atoms with Crippen LogP contribution in [0.3, 0.4) is 0 Å². The molecule has 0 aliphatic heterocycles. The van der Waals surface area contributed by atoms with Crippen LogP contribution in [-0.4, -0.2) is 25.6 Å².